The summed E-state index contributed by atoms with van der Waals surface area (Å²) in [5.74, 6) is 0.985. The molecule has 4 aromatic rings. The minimum atomic E-state index is 0.0448. The van der Waals surface area contributed by atoms with Gasteiger partial charge in [-0.3, -0.25) is 4.57 Å². The van der Waals surface area contributed by atoms with E-state index in [1.54, 1.807) is 6.33 Å². The fourth-order valence-corrected chi connectivity index (χ4v) is 4.25. The first-order chi connectivity index (χ1) is 14.7. The lowest BCUT2D eigenvalue weighted by Crippen LogP contribution is -2.15. The topological polar surface area (TPSA) is 83.2 Å². The van der Waals surface area contributed by atoms with Crippen molar-refractivity contribution in [1.82, 2.24) is 14.5 Å². The highest BCUT2D eigenvalue weighted by Gasteiger charge is 2.16. The summed E-state index contributed by atoms with van der Waals surface area (Å²) in [6, 6.07) is 17.8. The number of fused-ring (bicyclic) bond motifs is 1. The summed E-state index contributed by atoms with van der Waals surface area (Å²) >= 11 is 0. The van der Waals surface area contributed by atoms with Gasteiger partial charge in [0.05, 0.1) is 12.1 Å². The van der Waals surface area contributed by atoms with Gasteiger partial charge in [0.2, 0.25) is 0 Å². The van der Waals surface area contributed by atoms with E-state index in [9.17, 15) is 10.2 Å². The fraction of sp³-hybridized carbons (Fsp3) is 0.250. The SMILES string of the molecule is Oc1ccc(O)n1Cc1cccc(-c2ccc3ncnc(NC4CCCC4)c3c2)c1. The number of nitrogens with one attached hydrogen (secondary N) is 1. The molecule has 30 heavy (non-hydrogen) atoms. The van der Waals surface area contributed by atoms with E-state index >= 15 is 0 Å². The molecule has 3 N–H and O–H groups in total. The van der Waals surface area contributed by atoms with Gasteiger partial charge in [0.15, 0.2) is 11.8 Å². The largest absolute Gasteiger partial charge is 0.494 e. The highest BCUT2D eigenvalue weighted by atomic mass is 16.3. The predicted octanol–water partition coefficient (Wildman–Crippen LogP) is 4.91. The van der Waals surface area contributed by atoms with Crippen molar-refractivity contribution in [3.05, 3.63) is 66.5 Å². The van der Waals surface area contributed by atoms with Crippen LogP contribution in [0.15, 0.2) is 60.9 Å². The molecule has 1 fully saturated rings. The maximum absolute atomic E-state index is 9.93. The molecule has 1 saturated carbocycles. The molecule has 5 rings (SSSR count). The average molecular weight is 400 g/mol. The first-order valence-corrected chi connectivity index (χ1v) is 10.4. The third-order valence-corrected chi connectivity index (χ3v) is 5.87. The van der Waals surface area contributed by atoms with Crippen molar-refractivity contribution in [1.29, 1.82) is 0 Å². The van der Waals surface area contributed by atoms with Crippen LogP contribution >= 0.6 is 0 Å². The average Bonchev–Trinajstić information content (AvgIpc) is 3.39. The first-order valence-electron chi connectivity index (χ1n) is 10.4. The number of rotatable bonds is 5. The molecule has 0 atom stereocenters. The molecule has 152 valence electrons. The Morgan fingerprint density at radius 3 is 2.47 bits per heavy atom. The number of hydrogen-bond donors (Lipinski definition) is 3. The molecule has 0 spiro atoms. The molecule has 0 bridgehead atoms. The molecule has 0 saturated heterocycles. The second-order valence-corrected chi connectivity index (χ2v) is 7.92. The monoisotopic (exact) mass is 400 g/mol. The van der Waals surface area contributed by atoms with Crippen LogP contribution in [0.25, 0.3) is 22.0 Å². The quantitative estimate of drug-likeness (QED) is 0.443. The number of benzene rings is 2. The maximum Gasteiger partial charge on any atom is 0.194 e. The van der Waals surface area contributed by atoms with Gasteiger partial charge in [0.1, 0.15) is 12.1 Å². The summed E-state index contributed by atoms with van der Waals surface area (Å²) in [5.41, 5.74) is 4.06. The van der Waals surface area contributed by atoms with E-state index in [2.05, 4.69) is 39.6 Å². The molecule has 2 aromatic carbocycles. The van der Waals surface area contributed by atoms with Crippen molar-refractivity contribution in [3.8, 4) is 22.9 Å². The molecule has 1 aliphatic carbocycles. The van der Waals surface area contributed by atoms with E-state index in [1.807, 2.05) is 18.2 Å². The van der Waals surface area contributed by atoms with Crippen LogP contribution in [0.1, 0.15) is 31.2 Å². The zero-order chi connectivity index (χ0) is 20.5. The Labute approximate surface area is 174 Å². The summed E-state index contributed by atoms with van der Waals surface area (Å²) < 4.78 is 1.47. The highest BCUT2D eigenvalue weighted by molar-refractivity contribution is 5.92. The van der Waals surface area contributed by atoms with Crippen LogP contribution in [0.4, 0.5) is 5.82 Å². The van der Waals surface area contributed by atoms with E-state index < -0.39 is 0 Å². The molecule has 0 aliphatic heterocycles. The standard InChI is InChI=1S/C24H24N4O2/c29-22-10-11-23(30)28(22)14-16-4-3-5-17(12-16)18-8-9-21-20(13-18)24(26-15-25-21)27-19-6-1-2-7-19/h3-5,8-13,15,19,29-30H,1-2,6-7,14H2,(H,25,26,27). The molecule has 2 aromatic heterocycles. The van der Waals surface area contributed by atoms with Crippen molar-refractivity contribution in [2.75, 3.05) is 5.32 Å². The number of anilines is 1. The number of aromatic nitrogens is 3. The molecular formula is C24H24N4O2. The lowest BCUT2D eigenvalue weighted by molar-refractivity contribution is 0.377. The Kier molecular flexibility index (Phi) is 4.75. The summed E-state index contributed by atoms with van der Waals surface area (Å²) in [6.45, 7) is 0.393. The lowest BCUT2D eigenvalue weighted by Gasteiger charge is -2.15. The van der Waals surface area contributed by atoms with Gasteiger partial charge in [-0.1, -0.05) is 37.1 Å². The van der Waals surface area contributed by atoms with Crippen molar-refractivity contribution in [2.24, 2.45) is 0 Å². The summed E-state index contributed by atoms with van der Waals surface area (Å²) in [6.07, 6.45) is 6.53. The second kappa shape index (κ2) is 7.71. The van der Waals surface area contributed by atoms with Gasteiger partial charge >= 0.3 is 0 Å². The first kappa shape index (κ1) is 18.5. The Morgan fingerprint density at radius 1 is 0.900 bits per heavy atom. The molecule has 0 unspecified atom stereocenters. The van der Waals surface area contributed by atoms with E-state index in [0.29, 0.717) is 12.6 Å². The molecular weight excluding hydrogens is 376 g/mol. The maximum atomic E-state index is 9.93. The van der Waals surface area contributed by atoms with E-state index in [1.165, 1.54) is 42.4 Å². The fourth-order valence-electron chi connectivity index (χ4n) is 4.25. The van der Waals surface area contributed by atoms with Crippen LogP contribution in [0.3, 0.4) is 0 Å². The van der Waals surface area contributed by atoms with Crippen molar-refractivity contribution in [3.63, 3.8) is 0 Å². The minimum absolute atomic E-state index is 0.0448. The molecule has 0 amide bonds. The van der Waals surface area contributed by atoms with Gasteiger partial charge in [0, 0.05) is 23.6 Å². The third kappa shape index (κ3) is 3.56. The number of nitrogens with zero attached hydrogens (tertiary/aromatic N) is 3. The highest BCUT2D eigenvalue weighted by Crippen LogP contribution is 2.30. The van der Waals surface area contributed by atoms with E-state index in [0.717, 1.165) is 33.4 Å². The van der Waals surface area contributed by atoms with Gasteiger partial charge in [0.25, 0.3) is 0 Å². The van der Waals surface area contributed by atoms with E-state index in [4.69, 9.17) is 0 Å². The zero-order valence-electron chi connectivity index (χ0n) is 16.6. The Balaban J connectivity index is 1.48. The Hall–Kier alpha value is -3.54. The predicted molar refractivity (Wildman–Crippen MR) is 118 cm³/mol. The van der Waals surface area contributed by atoms with Crippen molar-refractivity contribution >= 4 is 16.7 Å². The van der Waals surface area contributed by atoms with Crippen LogP contribution < -0.4 is 5.32 Å². The van der Waals surface area contributed by atoms with Gasteiger partial charge in [-0.2, -0.15) is 0 Å². The van der Waals surface area contributed by atoms with Crippen LogP contribution in [0.5, 0.6) is 11.8 Å². The molecule has 0 radical (unpaired) electrons. The van der Waals surface area contributed by atoms with Crippen molar-refractivity contribution < 1.29 is 10.2 Å². The minimum Gasteiger partial charge on any atom is -0.494 e. The van der Waals surface area contributed by atoms with Crippen LogP contribution in [0, 0.1) is 0 Å². The second-order valence-electron chi connectivity index (χ2n) is 7.92. The molecule has 2 heterocycles. The number of aromatic hydroxyl groups is 2. The lowest BCUT2D eigenvalue weighted by atomic mass is 10.0. The van der Waals surface area contributed by atoms with Crippen LogP contribution in [0.2, 0.25) is 0 Å². The normalized spacial score (nSPS) is 14.4. The summed E-state index contributed by atoms with van der Waals surface area (Å²) in [5, 5.41) is 24.5. The van der Waals surface area contributed by atoms with Gasteiger partial charge < -0.3 is 15.5 Å². The van der Waals surface area contributed by atoms with Crippen LogP contribution in [-0.2, 0) is 6.54 Å². The van der Waals surface area contributed by atoms with E-state index in [-0.39, 0.29) is 11.8 Å². The number of hydrogen-bond acceptors (Lipinski definition) is 5. The molecule has 1 aliphatic rings. The van der Waals surface area contributed by atoms with Gasteiger partial charge in [-0.15, -0.1) is 0 Å². The van der Waals surface area contributed by atoms with Crippen LogP contribution in [-0.4, -0.2) is 30.8 Å². The van der Waals surface area contributed by atoms with Crippen molar-refractivity contribution in [2.45, 2.75) is 38.3 Å². The van der Waals surface area contributed by atoms with Gasteiger partial charge in [-0.05, 0) is 47.7 Å². The zero-order valence-corrected chi connectivity index (χ0v) is 16.6. The Bertz CT molecular complexity index is 1180. The Morgan fingerprint density at radius 2 is 1.67 bits per heavy atom. The summed E-state index contributed by atoms with van der Waals surface area (Å²) in [4.78, 5) is 8.94. The molecule has 6 heteroatoms. The van der Waals surface area contributed by atoms with Gasteiger partial charge in [-0.25, -0.2) is 9.97 Å². The summed E-state index contributed by atoms with van der Waals surface area (Å²) in [7, 11) is 0. The molecule has 6 nitrogen and oxygen atoms in total. The smallest absolute Gasteiger partial charge is 0.194 e. The third-order valence-electron chi connectivity index (χ3n) is 5.87.